The zero-order valence-electron chi connectivity index (χ0n) is 16.8. The molecule has 1 saturated heterocycles. The van der Waals surface area contributed by atoms with E-state index in [1.165, 1.54) is 4.90 Å². The highest BCUT2D eigenvalue weighted by Gasteiger charge is 2.48. The predicted molar refractivity (Wildman–Crippen MR) is 116 cm³/mol. The number of ketones is 1. The summed E-state index contributed by atoms with van der Waals surface area (Å²) in [5, 5.41) is 11.5. The van der Waals surface area contributed by atoms with Crippen molar-refractivity contribution in [2.24, 2.45) is 0 Å². The number of hydrogen-bond acceptors (Lipinski definition) is 4. The first kappa shape index (κ1) is 20.0. The summed E-state index contributed by atoms with van der Waals surface area (Å²) in [6, 6.07) is 14.7. The van der Waals surface area contributed by atoms with Crippen LogP contribution in [-0.2, 0) is 9.59 Å². The second-order valence-corrected chi connectivity index (χ2v) is 7.91. The van der Waals surface area contributed by atoms with Crippen molar-refractivity contribution in [2.75, 3.05) is 4.90 Å². The third-order valence-corrected chi connectivity index (χ3v) is 5.33. The summed E-state index contributed by atoms with van der Waals surface area (Å²) < 4.78 is 5.80. The van der Waals surface area contributed by atoms with Crippen molar-refractivity contribution in [2.45, 2.75) is 26.8 Å². The molecule has 2 aromatic carbocycles. The lowest BCUT2D eigenvalue weighted by atomic mass is 9.99. The highest BCUT2D eigenvalue weighted by molar-refractivity contribution is 6.51. The molecule has 1 aliphatic heterocycles. The molecule has 1 unspecified atom stereocenters. The number of rotatable bonds is 3. The number of Topliss-reactive ketones (excluding diaryl/α,β-unsaturated/α-hetero) is 1. The van der Waals surface area contributed by atoms with Crippen molar-refractivity contribution in [3.8, 4) is 0 Å². The normalized spacial score (nSPS) is 18.3. The second kappa shape index (κ2) is 7.50. The van der Waals surface area contributed by atoms with Gasteiger partial charge in [-0.2, -0.15) is 0 Å². The number of benzene rings is 2. The van der Waals surface area contributed by atoms with Crippen LogP contribution in [0.3, 0.4) is 0 Å². The van der Waals surface area contributed by atoms with Crippen molar-refractivity contribution < 1.29 is 19.1 Å². The van der Waals surface area contributed by atoms with E-state index in [2.05, 4.69) is 0 Å². The fraction of sp³-hybridized carbons (Fsp3) is 0.167. The van der Waals surface area contributed by atoms with Gasteiger partial charge in [0.05, 0.1) is 5.57 Å². The minimum Gasteiger partial charge on any atom is -0.507 e. The molecule has 152 valence electrons. The number of carbonyl (C=O) groups excluding carboxylic acids is 2. The van der Waals surface area contributed by atoms with E-state index in [9.17, 15) is 14.7 Å². The van der Waals surface area contributed by atoms with Gasteiger partial charge in [0, 0.05) is 16.3 Å². The maximum atomic E-state index is 13.1. The summed E-state index contributed by atoms with van der Waals surface area (Å²) in [5.74, 6) is -0.699. The van der Waals surface area contributed by atoms with Crippen molar-refractivity contribution in [1.29, 1.82) is 0 Å². The van der Waals surface area contributed by atoms with Gasteiger partial charge in [0.25, 0.3) is 11.7 Å². The smallest absolute Gasteiger partial charge is 0.300 e. The Bertz CT molecular complexity index is 1170. The number of aliphatic hydroxyl groups is 1. The first-order chi connectivity index (χ1) is 14.3. The van der Waals surface area contributed by atoms with Crippen LogP contribution in [-0.4, -0.2) is 16.8 Å². The van der Waals surface area contributed by atoms with Crippen molar-refractivity contribution >= 4 is 34.7 Å². The van der Waals surface area contributed by atoms with Crippen molar-refractivity contribution in [1.82, 2.24) is 0 Å². The number of halogens is 1. The second-order valence-electron chi connectivity index (χ2n) is 7.47. The molecule has 0 saturated carbocycles. The quantitative estimate of drug-likeness (QED) is 0.345. The highest BCUT2D eigenvalue weighted by Crippen LogP contribution is 2.43. The molecule has 0 spiro atoms. The van der Waals surface area contributed by atoms with E-state index in [1.807, 2.05) is 32.0 Å². The number of anilines is 1. The number of furan rings is 1. The van der Waals surface area contributed by atoms with Gasteiger partial charge < -0.3 is 9.52 Å². The van der Waals surface area contributed by atoms with Gasteiger partial charge >= 0.3 is 0 Å². The van der Waals surface area contributed by atoms with Gasteiger partial charge in [-0.05, 0) is 80.4 Å². The summed E-state index contributed by atoms with van der Waals surface area (Å²) in [6.07, 6.45) is 0. The first-order valence-electron chi connectivity index (χ1n) is 9.48. The van der Waals surface area contributed by atoms with E-state index < -0.39 is 17.7 Å². The monoisotopic (exact) mass is 421 g/mol. The molecule has 1 N–H and O–H groups in total. The minimum atomic E-state index is -0.879. The van der Waals surface area contributed by atoms with Gasteiger partial charge in [-0.25, -0.2) is 0 Å². The van der Waals surface area contributed by atoms with E-state index in [1.54, 1.807) is 43.3 Å². The molecule has 4 rings (SSSR count). The Balaban J connectivity index is 1.95. The van der Waals surface area contributed by atoms with Crippen molar-refractivity contribution in [3.05, 3.63) is 93.4 Å². The fourth-order valence-corrected chi connectivity index (χ4v) is 3.95. The molecule has 1 atom stereocenters. The Morgan fingerprint density at radius 3 is 2.17 bits per heavy atom. The van der Waals surface area contributed by atoms with E-state index in [0.29, 0.717) is 27.8 Å². The third-order valence-electron chi connectivity index (χ3n) is 5.08. The minimum absolute atomic E-state index is 0.0177. The lowest BCUT2D eigenvalue weighted by molar-refractivity contribution is -0.132. The van der Waals surface area contributed by atoms with E-state index in [4.69, 9.17) is 16.0 Å². The molecule has 0 radical (unpaired) electrons. The zero-order chi connectivity index (χ0) is 21.6. The Kier molecular flexibility index (Phi) is 5.00. The maximum absolute atomic E-state index is 13.1. The van der Waals surface area contributed by atoms with Crippen molar-refractivity contribution in [3.63, 3.8) is 0 Å². The van der Waals surface area contributed by atoms with Gasteiger partial charge in [-0.15, -0.1) is 0 Å². The lowest BCUT2D eigenvalue weighted by Gasteiger charge is -2.24. The van der Waals surface area contributed by atoms with Gasteiger partial charge in [-0.1, -0.05) is 17.7 Å². The number of amides is 1. The average Bonchev–Trinajstić information content (AvgIpc) is 3.22. The third kappa shape index (κ3) is 3.42. The molecule has 30 heavy (non-hydrogen) atoms. The van der Waals surface area contributed by atoms with Crippen LogP contribution in [0.25, 0.3) is 5.76 Å². The van der Waals surface area contributed by atoms with Gasteiger partial charge in [-0.3, -0.25) is 14.5 Å². The number of carbonyl (C=O) groups is 2. The molecule has 3 aromatic rings. The molecule has 1 amide bonds. The predicted octanol–water partition coefficient (Wildman–Crippen LogP) is 5.48. The van der Waals surface area contributed by atoms with Gasteiger partial charge in [0.1, 0.15) is 23.3 Å². The van der Waals surface area contributed by atoms with Crippen LogP contribution in [0.5, 0.6) is 0 Å². The summed E-state index contributed by atoms with van der Waals surface area (Å²) in [5.41, 5.74) is 2.86. The summed E-state index contributed by atoms with van der Waals surface area (Å²) in [7, 11) is 0. The molecule has 1 aromatic heterocycles. The zero-order valence-corrected chi connectivity index (χ0v) is 17.5. The van der Waals surface area contributed by atoms with Crippen LogP contribution in [0.4, 0.5) is 5.69 Å². The number of nitrogens with zero attached hydrogens (tertiary/aromatic N) is 1. The van der Waals surface area contributed by atoms with Crippen LogP contribution < -0.4 is 4.90 Å². The maximum Gasteiger partial charge on any atom is 0.300 e. The van der Waals surface area contributed by atoms with E-state index in [0.717, 1.165) is 11.1 Å². The van der Waals surface area contributed by atoms with E-state index in [-0.39, 0.29) is 11.3 Å². The van der Waals surface area contributed by atoms with Crippen LogP contribution >= 0.6 is 11.6 Å². The molecule has 6 heteroatoms. The Hall–Kier alpha value is -3.31. The summed E-state index contributed by atoms with van der Waals surface area (Å²) in [6.45, 7) is 5.63. The van der Waals surface area contributed by atoms with Crippen LogP contribution in [0, 0.1) is 20.8 Å². The highest BCUT2D eigenvalue weighted by atomic mass is 35.5. The molecule has 5 nitrogen and oxygen atoms in total. The Labute approximate surface area is 179 Å². The molecule has 2 heterocycles. The van der Waals surface area contributed by atoms with Gasteiger partial charge in [0.2, 0.25) is 0 Å². The topological polar surface area (TPSA) is 70.8 Å². The molecular formula is C24H20ClNO4. The molecule has 1 fully saturated rings. The lowest BCUT2D eigenvalue weighted by Crippen LogP contribution is -2.29. The number of hydrogen-bond donors (Lipinski definition) is 1. The van der Waals surface area contributed by atoms with Crippen LogP contribution in [0.2, 0.25) is 5.02 Å². The van der Waals surface area contributed by atoms with Gasteiger partial charge in [0.15, 0.2) is 0 Å². The molecular weight excluding hydrogens is 402 g/mol. The molecule has 0 aliphatic carbocycles. The van der Waals surface area contributed by atoms with E-state index >= 15 is 0 Å². The van der Waals surface area contributed by atoms with Crippen LogP contribution in [0.15, 0.2) is 64.6 Å². The van der Waals surface area contributed by atoms with Crippen LogP contribution in [0.1, 0.15) is 34.3 Å². The Morgan fingerprint density at radius 2 is 1.60 bits per heavy atom. The standard InChI is InChI=1S/C24H20ClNO4/c1-13-10-14(2)12-18(11-13)26-21(19-9-4-15(3)30-19)20(23(28)24(26)29)22(27)16-5-7-17(25)8-6-16/h4-12,21,27H,1-3H3/b22-20-. The first-order valence-corrected chi connectivity index (χ1v) is 9.85. The summed E-state index contributed by atoms with van der Waals surface area (Å²) in [4.78, 5) is 27.5. The summed E-state index contributed by atoms with van der Waals surface area (Å²) >= 11 is 5.95. The number of aliphatic hydroxyl groups excluding tert-OH is 1. The SMILES string of the molecule is Cc1cc(C)cc(N2C(=O)C(=O)/C(=C(\O)c3ccc(Cl)cc3)C2c2ccc(C)o2)c1. The largest absolute Gasteiger partial charge is 0.507 e. The molecule has 1 aliphatic rings. The number of aryl methyl sites for hydroxylation is 3. The fourth-order valence-electron chi connectivity index (χ4n) is 3.82. The Morgan fingerprint density at radius 1 is 0.967 bits per heavy atom. The average molecular weight is 422 g/mol. The molecule has 0 bridgehead atoms.